The van der Waals surface area contributed by atoms with E-state index < -0.39 is 12.2 Å². The molecule has 0 aromatic carbocycles. The van der Waals surface area contributed by atoms with Crippen LogP contribution in [0, 0.1) is 0 Å². The van der Waals surface area contributed by atoms with Crippen LogP contribution in [0.2, 0.25) is 0 Å². The Balaban J connectivity index is 2.34. The van der Waals surface area contributed by atoms with Crippen LogP contribution in [0.3, 0.4) is 0 Å². The van der Waals surface area contributed by atoms with Crippen molar-refractivity contribution in [3.63, 3.8) is 0 Å². The van der Waals surface area contributed by atoms with E-state index in [9.17, 15) is 9.59 Å². The number of alkyl carbamates (subject to hydrolysis) is 1. The summed E-state index contributed by atoms with van der Waals surface area (Å²) in [5.74, 6) is -0.302. The zero-order valence-corrected chi connectivity index (χ0v) is 6.42. The summed E-state index contributed by atoms with van der Waals surface area (Å²) in [7, 11) is 0. The van der Waals surface area contributed by atoms with Gasteiger partial charge in [0.2, 0.25) is 0 Å². The van der Waals surface area contributed by atoms with Crippen LogP contribution < -0.4 is 5.32 Å². The molecule has 1 aliphatic heterocycles. The average molecular weight is 157 g/mol. The molecule has 1 N–H and O–H groups in total. The molecule has 4 heteroatoms. The maximum atomic E-state index is 10.8. The highest BCUT2D eigenvalue weighted by Gasteiger charge is 2.30. The van der Waals surface area contributed by atoms with Gasteiger partial charge in [-0.25, -0.2) is 4.79 Å². The van der Waals surface area contributed by atoms with Crippen LogP contribution in [-0.4, -0.2) is 18.1 Å². The topological polar surface area (TPSA) is 55.4 Å². The second-order valence-electron chi connectivity index (χ2n) is 2.53. The molecule has 1 heterocycles. The van der Waals surface area contributed by atoms with Crippen LogP contribution in [0.25, 0.3) is 0 Å². The summed E-state index contributed by atoms with van der Waals surface area (Å²) in [4.78, 5) is 21.3. The molecule has 1 atom stereocenters. The van der Waals surface area contributed by atoms with Crippen LogP contribution >= 0.6 is 0 Å². The van der Waals surface area contributed by atoms with Gasteiger partial charge in [-0.1, -0.05) is 13.3 Å². The number of cyclic esters (lactones) is 1. The molecule has 2 amide bonds. The molecule has 11 heavy (non-hydrogen) atoms. The largest absolute Gasteiger partial charge is 0.436 e. The number of hydrogen-bond donors (Lipinski definition) is 1. The van der Waals surface area contributed by atoms with Gasteiger partial charge in [0.15, 0.2) is 6.10 Å². The zero-order chi connectivity index (χ0) is 8.27. The first-order valence-corrected chi connectivity index (χ1v) is 3.75. The predicted octanol–water partition coefficient (Wildman–Crippen LogP) is 0.812. The van der Waals surface area contributed by atoms with Gasteiger partial charge in [-0.3, -0.25) is 10.1 Å². The van der Waals surface area contributed by atoms with E-state index in [4.69, 9.17) is 0 Å². The number of carbonyl (C=O) groups is 2. The number of rotatable bonds is 3. The molecule has 4 nitrogen and oxygen atoms in total. The van der Waals surface area contributed by atoms with Crippen molar-refractivity contribution in [2.75, 3.05) is 0 Å². The van der Waals surface area contributed by atoms with Crippen molar-refractivity contribution in [1.82, 2.24) is 5.32 Å². The van der Waals surface area contributed by atoms with Crippen molar-refractivity contribution in [2.24, 2.45) is 0 Å². The fraction of sp³-hybridized carbons (Fsp3) is 0.714. The molecule has 0 aromatic rings. The van der Waals surface area contributed by atoms with Crippen LogP contribution in [-0.2, 0) is 9.53 Å². The van der Waals surface area contributed by atoms with E-state index in [1.807, 2.05) is 6.92 Å². The Hall–Kier alpha value is -1.06. The summed E-state index contributed by atoms with van der Waals surface area (Å²) >= 11 is 0. The molecule has 0 radical (unpaired) electrons. The molecule has 1 aliphatic rings. The van der Waals surface area contributed by atoms with Crippen molar-refractivity contribution in [2.45, 2.75) is 32.3 Å². The Morgan fingerprint density at radius 1 is 1.55 bits per heavy atom. The summed E-state index contributed by atoms with van der Waals surface area (Å²) in [6.07, 6.45) is 1.39. The maximum absolute atomic E-state index is 10.8. The predicted molar refractivity (Wildman–Crippen MR) is 37.9 cm³/mol. The number of unbranched alkanes of at least 4 members (excludes halogenated alkanes) is 1. The van der Waals surface area contributed by atoms with E-state index in [0.29, 0.717) is 6.42 Å². The molecule has 0 aliphatic carbocycles. The number of carbonyl (C=O) groups excluding carboxylic acids is 2. The molecule has 1 rings (SSSR count). The van der Waals surface area contributed by atoms with Gasteiger partial charge >= 0.3 is 6.09 Å². The third-order valence-electron chi connectivity index (χ3n) is 1.59. The summed E-state index contributed by atoms with van der Waals surface area (Å²) in [5, 5.41) is 2.08. The van der Waals surface area contributed by atoms with Crippen molar-refractivity contribution >= 4 is 12.0 Å². The van der Waals surface area contributed by atoms with E-state index in [1.165, 1.54) is 0 Å². The molecular weight excluding hydrogens is 146 g/mol. The van der Waals surface area contributed by atoms with Crippen LogP contribution in [0.4, 0.5) is 4.79 Å². The first-order valence-electron chi connectivity index (χ1n) is 3.75. The quantitative estimate of drug-likeness (QED) is 0.659. The summed E-state index contributed by atoms with van der Waals surface area (Å²) in [6.45, 7) is 2.02. The van der Waals surface area contributed by atoms with Gasteiger partial charge in [0, 0.05) is 0 Å². The van der Waals surface area contributed by atoms with Crippen LogP contribution in [0.1, 0.15) is 26.2 Å². The lowest BCUT2D eigenvalue weighted by molar-refractivity contribution is -0.123. The Morgan fingerprint density at radius 2 is 2.27 bits per heavy atom. The zero-order valence-electron chi connectivity index (χ0n) is 6.42. The first kappa shape index (κ1) is 8.04. The van der Waals surface area contributed by atoms with Gasteiger partial charge < -0.3 is 4.74 Å². The Bertz CT molecular complexity index is 179. The Labute approximate surface area is 64.9 Å². The molecule has 0 saturated carbocycles. The third kappa shape index (κ3) is 1.93. The highest BCUT2D eigenvalue weighted by molar-refractivity contribution is 5.99. The monoisotopic (exact) mass is 157 g/mol. The lowest BCUT2D eigenvalue weighted by atomic mass is 10.1. The van der Waals surface area contributed by atoms with E-state index in [0.717, 1.165) is 12.8 Å². The molecule has 62 valence electrons. The van der Waals surface area contributed by atoms with Gasteiger partial charge in [-0.05, 0) is 12.8 Å². The van der Waals surface area contributed by atoms with Gasteiger partial charge in [0.05, 0.1) is 0 Å². The second-order valence-corrected chi connectivity index (χ2v) is 2.53. The molecule has 1 saturated heterocycles. The third-order valence-corrected chi connectivity index (χ3v) is 1.59. The summed E-state index contributed by atoms with van der Waals surface area (Å²) in [5.41, 5.74) is 0. The fourth-order valence-corrected chi connectivity index (χ4v) is 0.973. The highest BCUT2D eigenvalue weighted by Crippen LogP contribution is 2.09. The number of amides is 2. The van der Waals surface area contributed by atoms with Crippen LogP contribution in [0.15, 0.2) is 0 Å². The van der Waals surface area contributed by atoms with Crippen molar-refractivity contribution in [3.05, 3.63) is 0 Å². The smallest absolute Gasteiger partial charge is 0.414 e. The Kier molecular flexibility index (Phi) is 2.46. The standard InChI is InChI=1S/C7H11NO3/c1-2-3-4-5-6(9)8-7(10)11-5/h5H,2-4H2,1H3,(H,8,9,10)/t5-/m1/s1. The first-order chi connectivity index (χ1) is 5.24. The molecule has 0 spiro atoms. The van der Waals surface area contributed by atoms with E-state index in [2.05, 4.69) is 10.1 Å². The van der Waals surface area contributed by atoms with E-state index in [-0.39, 0.29) is 5.91 Å². The Morgan fingerprint density at radius 3 is 2.73 bits per heavy atom. The molecular formula is C7H11NO3. The number of nitrogens with one attached hydrogen (secondary N) is 1. The minimum absolute atomic E-state index is 0.302. The lowest BCUT2D eigenvalue weighted by Gasteiger charge is -2.02. The van der Waals surface area contributed by atoms with Gasteiger partial charge in [-0.15, -0.1) is 0 Å². The highest BCUT2D eigenvalue weighted by atomic mass is 16.6. The lowest BCUT2D eigenvalue weighted by Crippen LogP contribution is -2.24. The molecule has 1 fully saturated rings. The fourth-order valence-electron chi connectivity index (χ4n) is 0.973. The molecule has 0 aromatic heterocycles. The van der Waals surface area contributed by atoms with Crippen molar-refractivity contribution in [1.29, 1.82) is 0 Å². The summed E-state index contributed by atoms with van der Waals surface area (Å²) < 4.78 is 4.68. The molecule has 0 bridgehead atoms. The van der Waals surface area contributed by atoms with E-state index in [1.54, 1.807) is 0 Å². The van der Waals surface area contributed by atoms with Gasteiger partial charge in [0.1, 0.15) is 0 Å². The minimum Gasteiger partial charge on any atom is -0.436 e. The normalized spacial score (nSPS) is 23.2. The molecule has 0 unspecified atom stereocenters. The average Bonchev–Trinajstić information content (AvgIpc) is 2.26. The van der Waals surface area contributed by atoms with E-state index >= 15 is 0 Å². The van der Waals surface area contributed by atoms with Gasteiger partial charge in [0.25, 0.3) is 5.91 Å². The van der Waals surface area contributed by atoms with Crippen molar-refractivity contribution in [3.8, 4) is 0 Å². The summed E-state index contributed by atoms with van der Waals surface area (Å²) in [6, 6.07) is 0. The number of ether oxygens (including phenoxy) is 1. The minimum atomic E-state index is -0.615. The van der Waals surface area contributed by atoms with Crippen LogP contribution in [0.5, 0.6) is 0 Å². The van der Waals surface area contributed by atoms with Gasteiger partial charge in [-0.2, -0.15) is 0 Å². The SMILES string of the molecule is CCCC[C@H]1OC(=O)NC1=O. The van der Waals surface area contributed by atoms with Crippen molar-refractivity contribution < 1.29 is 14.3 Å². The number of hydrogen-bond acceptors (Lipinski definition) is 3. The maximum Gasteiger partial charge on any atom is 0.414 e. The number of imide groups is 1. The second kappa shape index (κ2) is 3.37.